The van der Waals surface area contributed by atoms with Gasteiger partial charge >= 0.3 is 0 Å². The Morgan fingerprint density at radius 1 is 1.43 bits per heavy atom. The van der Waals surface area contributed by atoms with Gasteiger partial charge in [0.25, 0.3) is 0 Å². The summed E-state index contributed by atoms with van der Waals surface area (Å²) in [7, 11) is 0. The molecule has 21 heavy (non-hydrogen) atoms. The van der Waals surface area contributed by atoms with Gasteiger partial charge in [-0.1, -0.05) is 11.6 Å². The van der Waals surface area contributed by atoms with E-state index >= 15 is 0 Å². The minimum absolute atomic E-state index is 0.133. The number of nitrogens with two attached hydrogens (primary N) is 1. The summed E-state index contributed by atoms with van der Waals surface area (Å²) in [5.74, 6) is 0.0773. The Balaban J connectivity index is 1.95. The first-order valence-corrected chi connectivity index (χ1v) is 7.38. The van der Waals surface area contributed by atoms with Gasteiger partial charge in [-0.15, -0.1) is 0 Å². The van der Waals surface area contributed by atoms with Crippen molar-refractivity contribution in [3.8, 4) is 0 Å². The van der Waals surface area contributed by atoms with Gasteiger partial charge in [-0.05, 0) is 44.1 Å². The molecule has 0 radical (unpaired) electrons. The van der Waals surface area contributed by atoms with Crippen LogP contribution in [-0.4, -0.2) is 28.4 Å². The van der Waals surface area contributed by atoms with Crippen LogP contribution >= 0.6 is 11.6 Å². The molecule has 0 aromatic carbocycles. The highest BCUT2D eigenvalue weighted by Gasteiger charge is 2.22. The Kier molecular flexibility index (Phi) is 3.94. The molecule has 0 atom stereocenters. The summed E-state index contributed by atoms with van der Waals surface area (Å²) in [6, 6.07) is 5.63. The number of carbonyl (C=O) groups excluding carboxylic acids is 1. The smallest absolute Gasteiger partial charge is 0.213 e. The molecule has 0 amide bonds. The number of carbonyl (C=O) groups is 1. The van der Waals surface area contributed by atoms with Crippen molar-refractivity contribution < 1.29 is 4.79 Å². The summed E-state index contributed by atoms with van der Waals surface area (Å²) < 4.78 is 2.05. The van der Waals surface area contributed by atoms with E-state index in [1.165, 1.54) is 6.20 Å². The van der Waals surface area contributed by atoms with Crippen molar-refractivity contribution in [1.82, 2.24) is 14.9 Å². The molecule has 3 heterocycles. The minimum Gasteiger partial charge on any atom is -0.383 e. The molecule has 1 saturated heterocycles. The first kappa shape index (κ1) is 14.1. The predicted molar refractivity (Wildman–Crippen MR) is 82.7 cm³/mol. The van der Waals surface area contributed by atoms with Crippen LogP contribution in [0.2, 0.25) is 5.02 Å². The molecule has 110 valence electrons. The van der Waals surface area contributed by atoms with Crippen molar-refractivity contribution in [3.05, 3.63) is 46.9 Å². The third kappa shape index (κ3) is 2.80. The Labute approximate surface area is 128 Å². The first-order valence-electron chi connectivity index (χ1n) is 7.00. The van der Waals surface area contributed by atoms with E-state index in [0.717, 1.165) is 25.9 Å². The fourth-order valence-electron chi connectivity index (χ4n) is 2.76. The van der Waals surface area contributed by atoms with Crippen LogP contribution in [0.4, 0.5) is 5.82 Å². The molecule has 5 nitrogen and oxygen atoms in total. The fourth-order valence-corrected chi connectivity index (χ4v) is 2.92. The van der Waals surface area contributed by atoms with Crippen molar-refractivity contribution in [2.24, 2.45) is 0 Å². The van der Waals surface area contributed by atoms with E-state index in [2.05, 4.69) is 10.3 Å². The SMILES string of the molecule is Nc1ncc(Cl)cc1C(=O)c1cccn1C1CCNCC1. The quantitative estimate of drug-likeness (QED) is 0.853. The van der Waals surface area contributed by atoms with Crippen LogP contribution in [0, 0.1) is 0 Å². The zero-order valence-electron chi connectivity index (χ0n) is 11.6. The average molecular weight is 305 g/mol. The number of ketones is 1. The fraction of sp³-hybridized carbons (Fsp3) is 0.333. The van der Waals surface area contributed by atoms with Gasteiger partial charge in [0.1, 0.15) is 5.82 Å². The minimum atomic E-state index is -0.133. The van der Waals surface area contributed by atoms with Gasteiger partial charge in [0.15, 0.2) is 0 Å². The lowest BCUT2D eigenvalue weighted by Gasteiger charge is -2.26. The van der Waals surface area contributed by atoms with E-state index < -0.39 is 0 Å². The highest BCUT2D eigenvalue weighted by Crippen LogP contribution is 2.25. The lowest BCUT2D eigenvalue weighted by molar-refractivity contribution is 0.102. The number of pyridine rings is 1. The van der Waals surface area contributed by atoms with Gasteiger partial charge in [0, 0.05) is 18.4 Å². The molecule has 0 bridgehead atoms. The van der Waals surface area contributed by atoms with Crippen molar-refractivity contribution >= 4 is 23.2 Å². The van der Waals surface area contributed by atoms with E-state index in [9.17, 15) is 4.79 Å². The molecule has 6 heteroatoms. The number of nitrogen functional groups attached to an aromatic ring is 1. The second kappa shape index (κ2) is 5.87. The maximum Gasteiger partial charge on any atom is 0.213 e. The molecule has 1 fully saturated rings. The molecule has 1 aliphatic heterocycles. The Morgan fingerprint density at radius 3 is 2.95 bits per heavy atom. The number of hydrogen-bond donors (Lipinski definition) is 2. The number of nitrogens with one attached hydrogen (secondary N) is 1. The van der Waals surface area contributed by atoms with Crippen molar-refractivity contribution in [3.63, 3.8) is 0 Å². The number of rotatable bonds is 3. The maximum atomic E-state index is 12.7. The molecule has 0 aliphatic carbocycles. The molecule has 0 spiro atoms. The van der Waals surface area contributed by atoms with E-state index in [-0.39, 0.29) is 11.6 Å². The summed E-state index contributed by atoms with van der Waals surface area (Å²) in [6.07, 6.45) is 5.42. The van der Waals surface area contributed by atoms with Crippen LogP contribution in [0.25, 0.3) is 0 Å². The van der Waals surface area contributed by atoms with Gasteiger partial charge in [-0.2, -0.15) is 0 Å². The van der Waals surface area contributed by atoms with Crippen LogP contribution in [0.3, 0.4) is 0 Å². The Bertz CT molecular complexity index is 661. The third-order valence-electron chi connectivity index (χ3n) is 3.84. The molecule has 3 rings (SSSR count). The van der Waals surface area contributed by atoms with Crippen LogP contribution in [0.15, 0.2) is 30.6 Å². The summed E-state index contributed by atoms with van der Waals surface area (Å²) in [5, 5.41) is 3.74. The highest BCUT2D eigenvalue weighted by molar-refractivity contribution is 6.31. The van der Waals surface area contributed by atoms with Gasteiger partial charge in [-0.3, -0.25) is 4.79 Å². The lowest BCUT2D eigenvalue weighted by atomic mass is 10.0. The molecule has 2 aromatic rings. The van der Waals surface area contributed by atoms with Crippen molar-refractivity contribution in [2.45, 2.75) is 18.9 Å². The monoisotopic (exact) mass is 304 g/mol. The van der Waals surface area contributed by atoms with Gasteiger partial charge in [-0.25, -0.2) is 4.98 Å². The standard InChI is InChI=1S/C15H17ClN4O/c16-10-8-12(15(17)19-9-10)14(21)13-2-1-7-20(13)11-3-5-18-6-4-11/h1-2,7-9,11,18H,3-6H2,(H2,17,19). The molecule has 3 N–H and O–H groups in total. The summed E-state index contributed by atoms with van der Waals surface area (Å²) in [6.45, 7) is 1.94. The zero-order valence-corrected chi connectivity index (χ0v) is 12.3. The second-order valence-corrected chi connectivity index (χ2v) is 5.63. The lowest BCUT2D eigenvalue weighted by Crippen LogP contribution is -2.30. The van der Waals surface area contributed by atoms with Gasteiger partial charge in [0.2, 0.25) is 5.78 Å². The molecule has 0 saturated carbocycles. The molecule has 1 aliphatic rings. The summed E-state index contributed by atoms with van der Waals surface area (Å²) in [4.78, 5) is 16.7. The molecule has 2 aromatic heterocycles. The predicted octanol–water partition coefficient (Wildman–Crippen LogP) is 2.27. The number of piperidine rings is 1. The normalized spacial score (nSPS) is 16.0. The van der Waals surface area contributed by atoms with E-state index in [1.807, 2.05) is 22.9 Å². The Morgan fingerprint density at radius 2 is 2.19 bits per heavy atom. The Hall–Kier alpha value is -1.85. The third-order valence-corrected chi connectivity index (χ3v) is 4.05. The van der Waals surface area contributed by atoms with Gasteiger partial charge < -0.3 is 15.6 Å². The van der Waals surface area contributed by atoms with Crippen LogP contribution in [-0.2, 0) is 0 Å². The van der Waals surface area contributed by atoms with Crippen molar-refractivity contribution in [2.75, 3.05) is 18.8 Å². The van der Waals surface area contributed by atoms with E-state index in [0.29, 0.717) is 22.3 Å². The number of halogens is 1. The second-order valence-electron chi connectivity index (χ2n) is 5.20. The topological polar surface area (TPSA) is 72.9 Å². The molecular weight excluding hydrogens is 288 g/mol. The zero-order chi connectivity index (χ0) is 14.8. The number of hydrogen-bond acceptors (Lipinski definition) is 4. The van der Waals surface area contributed by atoms with Crippen LogP contribution in [0.1, 0.15) is 34.9 Å². The van der Waals surface area contributed by atoms with E-state index in [4.69, 9.17) is 17.3 Å². The molecule has 0 unspecified atom stereocenters. The highest BCUT2D eigenvalue weighted by atomic mass is 35.5. The van der Waals surface area contributed by atoms with Gasteiger partial charge in [0.05, 0.1) is 16.3 Å². The molecular formula is C15H17ClN4O. The summed E-state index contributed by atoms with van der Waals surface area (Å²) >= 11 is 5.93. The van der Waals surface area contributed by atoms with Crippen LogP contribution in [0.5, 0.6) is 0 Å². The largest absolute Gasteiger partial charge is 0.383 e. The van der Waals surface area contributed by atoms with E-state index in [1.54, 1.807) is 6.07 Å². The number of nitrogens with zero attached hydrogens (tertiary/aromatic N) is 2. The van der Waals surface area contributed by atoms with Crippen molar-refractivity contribution in [1.29, 1.82) is 0 Å². The maximum absolute atomic E-state index is 12.7. The average Bonchev–Trinajstić information content (AvgIpc) is 2.99. The summed E-state index contributed by atoms with van der Waals surface area (Å²) in [5.41, 5.74) is 6.81. The number of aromatic nitrogens is 2. The van der Waals surface area contributed by atoms with Crippen LogP contribution < -0.4 is 11.1 Å². The number of anilines is 1. The first-order chi connectivity index (χ1) is 10.2.